The van der Waals surface area contributed by atoms with Crippen molar-refractivity contribution in [3.63, 3.8) is 0 Å². The number of carbonyl (C=O) groups excluding carboxylic acids is 1. The van der Waals surface area contributed by atoms with Crippen molar-refractivity contribution in [1.29, 1.82) is 5.41 Å². The highest BCUT2D eigenvalue weighted by Crippen LogP contribution is 2.26. The van der Waals surface area contributed by atoms with E-state index in [0.29, 0.717) is 22.8 Å². The number of benzene rings is 2. The van der Waals surface area contributed by atoms with Crippen LogP contribution in [0.15, 0.2) is 42.5 Å². The molecule has 1 heterocycles. The Labute approximate surface area is 154 Å². The Morgan fingerprint density at radius 2 is 1.69 bits per heavy atom. The number of piperidine rings is 1. The summed E-state index contributed by atoms with van der Waals surface area (Å²) in [7, 11) is 1.59. The Bertz CT molecular complexity index is 793. The molecular weight excluding hydrogens is 326 g/mol. The molecule has 2 aromatic rings. The normalized spacial score (nSPS) is 14.0. The van der Waals surface area contributed by atoms with Crippen molar-refractivity contribution in [2.75, 3.05) is 25.5 Å². The number of methoxy groups -OCH3 is 1. The van der Waals surface area contributed by atoms with E-state index in [2.05, 4.69) is 10.2 Å². The molecule has 0 saturated carbocycles. The van der Waals surface area contributed by atoms with E-state index in [1.165, 1.54) is 6.42 Å². The molecule has 0 spiro atoms. The Balaban J connectivity index is 1.70. The van der Waals surface area contributed by atoms with Gasteiger partial charge in [0, 0.05) is 24.2 Å². The number of amidine groups is 1. The van der Waals surface area contributed by atoms with E-state index in [4.69, 9.17) is 10.1 Å². The predicted octanol–water partition coefficient (Wildman–Crippen LogP) is 4.07. The van der Waals surface area contributed by atoms with Crippen molar-refractivity contribution in [3.05, 3.63) is 59.2 Å². The van der Waals surface area contributed by atoms with Crippen LogP contribution in [0, 0.1) is 12.3 Å². The highest BCUT2D eigenvalue weighted by molar-refractivity contribution is 6.06. The second-order valence-electron chi connectivity index (χ2n) is 6.63. The molecule has 1 aliphatic rings. The molecule has 3 rings (SSSR count). The molecule has 1 aliphatic heterocycles. The molecule has 1 saturated heterocycles. The number of amides is 1. The van der Waals surface area contributed by atoms with Gasteiger partial charge in [0.25, 0.3) is 5.91 Å². The molecule has 2 N–H and O–H groups in total. The Morgan fingerprint density at radius 3 is 2.35 bits per heavy atom. The maximum Gasteiger partial charge on any atom is 0.255 e. The second-order valence-corrected chi connectivity index (χ2v) is 6.63. The fraction of sp³-hybridized carbons (Fsp3) is 0.333. The summed E-state index contributed by atoms with van der Waals surface area (Å²) in [5.74, 6) is 0.988. The van der Waals surface area contributed by atoms with Gasteiger partial charge in [-0.15, -0.1) is 0 Å². The number of hydrogen-bond donors (Lipinski definition) is 2. The zero-order valence-electron chi connectivity index (χ0n) is 15.3. The number of nitrogens with zero attached hydrogens (tertiary/aromatic N) is 1. The highest BCUT2D eigenvalue weighted by atomic mass is 16.5. The van der Waals surface area contributed by atoms with Gasteiger partial charge in [-0.3, -0.25) is 10.2 Å². The van der Waals surface area contributed by atoms with Crippen molar-refractivity contribution in [1.82, 2.24) is 4.90 Å². The van der Waals surface area contributed by atoms with E-state index >= 15 is 0 Å². The van der Waals surface area contributed by atoms with E-state index in [1.807, 2.05) is 37.3 Å². The number of rotatable bonds is 4. The van der Waals surface area contributed by atoms with Crippen LogP contribution in [0.1, 0.15) is 40.7 Å². The van der Waals surface area contributed by atoms with Crippen LogP contribution in [-0.4, -0.2) is 36.8 Å². The minimum atomic E-state index is -0.191. The molecule has 0 radical (unpaired) electrons. The smallest absolute Gasteiger partial charge is 0.255 e. The quantitative estimate of drug-likeness (QED) is 0.645. The van der Waals surface area contributed by atoms with E-state index in [1.54, 1.807) is 19.2 Å². The number of aryl methyl sites for hydroxylation is 1. The molecule has 5 heteroatoms. The van der Waals surface area contributed by atoms with Gasteiger partial charge in [0.05, 0.1) is 12.8 Å². The summed E-state index contributed by atoms with van der Waals surface area (Å²) < 4.78 is 5.33. The lowest BCUT2D eigenvalue weighted by molar-refractivity contribution is 0.102. The first-order valence-electron chi connectivity index (χ1n) is 8.98. The Morgan fingerprint density at radius 1 is 1.04 bits per heavy atom. The molecule has 0 atom stereocenters. The van der Waals surface area contributed by atoms with Gasteiger partial charge in [0.2, 0.25) is 0 Å². The lowest BCUT2D eigenvalue weighted by atomic mass is 10.1. The second kappa shape index (κ2) is 8.04. The van der Waals surface area contributed by atoms with Gasteiger partial charge in [-0.1, -0.05) is 18.2 Å². The van der Waals surface area contributed by atoms with E-state index in [-0.39, 0.29) is 5.91 Å². The fourth-order valence-electron chi connectivity index (χ4n) is 3.18. The maximum atomic E-state index is 12.5. The Kier molecular flexibility index (Phi) is 5.56. The van der Waals surface area contributed by atoms with Gasteiger partial charge in [-0.2, -0.15) is 0 Å². The van der Waals surface area contributed by atoms with Crippen molar-refractivity contribution >= 4 is 17.4 Å². The van der Waals surface area contributed by atoms with Gasteiger partial charge in [-0.25, -0.2) is 0 Å². The average molecular weight is 351 g/mol. The first-order valence-corrected chi connectivity index (χ1v) is 8.98. The number of nitrogens with one attached hydrogen (secondary N) is 2. The van der Waals surface area contributed by atoms with Crippen LogP contribution in [0.25, 0.3) is 0 Å². The van der Waals surface area contributed by atoms with Crippen LogP contribution in [0.5, 0.6) is 5.75 Å². The molecule has 1 fully saturated rings. The summed E-state index contributed by atoms with van der Waals surface area (Å²) in [5.41, 5.74) is 3.12. The van der Waals surface area contributed by atoms with Crippen molar-refractivity contribution in [2.45, 2.75) is 26.2 Å². The van der Waals surface area contributed by atoms with E-state index in [0.717, 1.165) is 37.1 Å². The number of likely N-dealkylation sites (tertiary alicyclic amines) is 1. The summed E-state index contributed by atoms with van der Waals surface area (Å²) >= 11 is 0. The van der Waals surface area contributed by atoms with Crippen LogP contribution in [0.4, 0.5) is 5.69 Å². The lowest BCUT2D eigenvalue weighted by Gasteiger charge is -2.29. The van der Waals surface area contributed by atoms with Crippen LogP contribution >= 0.6 is 0 Å². The van der Waals surface area contributed by atoms with Gasteiger partial charge in [0.15, 0.2) is 0 Å². The Hall–Kier alpha value is -2.82. The van der Waals surface area contributed by atoms with Crippen molar-refractivity contribution < 1.29 is 9.53 Å². The third kappa shape index (κ3) is 4.04. The molecule has 0 bridgehead atoms. The van der Waals surface area contributed by atoms with Gasteiger partial charge in [0.1, 0.15) is 11.6 Å². The van der Waals surface area contributed by atoms with Crippen molar-refractivity contribution in [2.24, 2.45) is 0 Å². The number of anilines is 1. The first kappa shape index (κ1) is 18.0. The molecule has 26 heavy (non-hydrogen) atoms. The minimum absolute atomic E-state index is 0.191. The van der Waals surface area contributed by atoms with Crippen molar-refractivity contribution in [3.8, 4) is 5.75 Å². The van der Waals surface area contributed by atoms with Crippen LogP contribution in [-0.2, 0) is 0 Å². The third-order valence-corrected chi connectivity index (χ3v) is 4.70. The summed E-state index contributed by atoms with van der Waals surface area (Å²) in [6.07, 6.45) is 3.52. The standard InChI is InChI=1S/C21H25N3O2/c1-15-6-11-18(19(14-15)26-2)23-21(25)17-9-7-16(8-10-17)20(22)24-12-4-3-5-13-24/h6-11,14,22H,3-5,12-13H2,1-2H3,(H,23,25). The summed E-state index contributed by atoms with van der Waals surface area (Å²) in [6.45, 7) is 3.85. The third-order valence-electron chi connectivity index (χ3n) is 4.70. The monoisotopic (exact) mass is 351 g/mol. The minimum Gasteiger partial charge on any atom is -0.495 e. The summed E-state index contributed by atoms with van der Waals surface area (Å²) in [5, 5.41) is 11.3. The average Bonchev–Trinajstić information content (AvgIpc) is 2.69. The molecular formula is C21H25N3O2. The topological polar surface area (TPSA) is 65.4 Å². The summed E-state index contributed by atoms with van der Waals surface area (Å²) in [6, 6.07) is 12.9. The van der Waals surface area contributed by atoms with Crippen LogP contribution in [0.3, 0.4) is 0 Å². The maximum absolute atomic E-state index is 12.5. The van der Waals surface area contributed by atoms with Gasteiger partial charge >= 0.3 is 0 Å². The summed E-state index contributed by atoms with van der Waals surface area (Å²) in [4.78, 5) is 14.6. The molecule has 136 valence electrons. The molecule has 0 aliphatic carbocycles. The number of carbonyl (C=O) groups is 1. The molecule has 0 aromatic heterocycles. The fourth-order valence-corrected chi connectivity index (χ4v) is 3.18. The van der Waals surface area contributed by atoms with E-state index in [9.17, 15) is 4.79 Å². The highest BCUT2D eigenvalue weighted by Gasteiger charge is 2.16. The van der Waals surface area contributed by atoms with Gasteiger partial charge < -0.3 is 15.0 Å². The molecule has 1 amide bonds. The molecule has 0 unspecified atom stereocenters. The predicted molar refractivity (Wildman–Crippen MR) is 104 cm³/mol. The van der Waals surface area contributed by atoms with Crippen LogP contribution < -0.4 is 10.1 Å². The SMILES string of the molecule is COc1cc(C)ccc1NC(=O)c1ccc(C(=N)N2CCCCC2)cc1. The molecule has 2 aromatic carbocycles. The van der Waals surface area contributed by atoms with E-state index < -0.39 is 0 Å². The van der Waals surface area contributed by atoms with Crippen LogP contribution in [0.2, 0.25) is 0 Å². The number of ether oxygens (including phenoxy) is 1. The number of hydrogen-bond acceptors (Lipinski definition) is 3. The molecule has 5 nitrogen and oxygen atoms in total. The first-order chi connectivity index (χ1) is 12.6. The largest absolute Gasteiger partial charge is 0.495 e. The zero-order valence-corrected chi connectivity index (χ0v) is 15.3. The lowest BCUT2D eigenvalue weighted by Crippen LogP contribution is -2.35. The van der Waals surface area contributed by atoms with Gasteiger partial charge in [-0.05, 0) is 56.0 Å². The zero-order chi connectivity index (χ0) is 18.5.